The average Bonchev–Trinajstić information content (AvgIpc) is 2.86. The van der Waals surface area contributed by atoms with Gasteiger partial charge in [0.05, 0.1) is 12.3 Å². The van der Waals surface area contributed by atoms with E-state index in [2.05, 4.69) is 4.98 Å². The molecule has 2 heterocycles. The molecule has 25 heavy (non-hydrogen) atoms. The summed E-state index contributed by atoms with van der Waals surface area (Å²) >= 11 is 0. The lowest BCUT2D eigenvalue weighted by molar-refractivity contribution is -0.0391. The Morgan fingerprint density at radius 3 is 2.52 bits per heavy atom. The first-order chi connectivity index (χ1) is 11.3. The Morgan fingerprint density at radius 2 is 2.00 bits per heavy atom. The summed E-state index contributed by atoms with van der Waals surface area (Å²) in [5.74, 6) is -0.354. The fourth-order valence-corrected chi connectivity index (χ4v) is 4.48. The van der Waals surface area contributed by atoms with E-state index in [1.807, 2.05) is 20.8 Å². The molecule has 0 saturated carbocycles. The van der Waals surface area contributed by atoms with Crippen molar-refractivity contribution in [3.8, 4) is 0 Å². The van der Waals surface area contributed by atoms with Crippen LogP contribution in [0.3, 0.4) is 0 Å². The van der Waals surface area contributed by atoms with E-state index in [0.29, 0.717) is 12.0 Å². The maximum atomic E-state index is 12.1. The molecule has 0 aromatic carbocycles. The predicted molar refractivity (Wildman–Crippen MR) is 93.6 cm³/mol. The van der Waals surface area contributed by atoms with Crippen LogP contribution in [0, 0.1) is 24.2 Å². The smallest absolute Gasteiger partial charge is 0.330 e. The van der Waals surface area contributed by atoms with Crippen LogP contribution in [0.15, 0.2) is 15.8 Å². The Hall–Kier alpha value is -1.21. The Balaban J connectivity index is 2.36. The number of aromatic amines is 1. The van der Waals surface area contributed by atoms with Crippen LogP contribution in [0.1, 0.15) is 45.9 Å². The van der Waals surface area contributed by atoms with E-state index in [-0.39, 0.29) is 23.4 Å². The van der Waals surface area contributed by atoms with Crippen LogP contribution in [-0.4, -0.2) is 31.6 Å². The number of rotatable bonds is 4. The van der Waals surface area contributed by atoms with E-state index < -0.39 is 31.2 Å². The van der Waals surface area contributed by atoms with Crippen molar-refractivity contribution in [2.75, 3.05) is 6.16 Å². The molecule has 0 amide bonds. The van der Waals surface area contributed by atoms with Gasteiger partial charge >= 0.3 is 13.3 Å². The zero-order valence-corrected chi connectivity index (χ0v) is 16.1. The summed E-state index contributed by atoms with van der Waals surface area (Å²) < 4.78 is 18.8. The molecule has 0 radical (unpaired) electrons. The molecule has 142 valence electrons. The quantitative estimate of drug-likeness (QED) is 0.689. The summed E-state index contributed by atoms with van der Waals surface area (Å²) in [4.78, 5) is 44.6. The fourth-order valence-electron chi connectivity index (χ4n) is 3.52. The molecule has 1 saturated heterocycles. The summed E-state index contributed by atoms with van der Waals surface area (Å²) in [6.07, 6.45) is 0.775. The molecule has 1 fully saturated rings. The summed E-state index contributed by atoms with van der Waals surface area (Å²) in [6, 6.07) is 0. The van der Waals surface area contributed by atoms with Crippen molar-refractivity contribution in [2.45, 2.75) is 53.4 Å². The van der Waals surface area contributed by atoms with Gasteiger partial charge in [0, 0.05) is 11.8 Å². The second kappa shape index (κ2) is 6.83. The SMILES string of the molecule is Cc1cn([C@H]2C[C@@H](C(C)(C)C)C(C(C)CP(=O)(O)O)O2)c(=O)[nH]c1=O. The van der Waals surface area contributed by atoms with Crippen molar-refractivity contribution in [1.29, 1.82) is 0 Å². The van der Waals surface area contributed by atoms with Crippen molar-refractivity contribution in [3.63, 3.8) is 0 Å². The Morgan fingerprint density at radius 1 is 1.40 bits per heavy atom. The molecule has 1 aliphatic rings. The lowest BCUT2D eigenvalue weighted by Gasteiger charge is -2.33. The number of nitrogens with one attached hydrogen (secondary N) is 1. The highest BCUT2D eigenvalue weighted by molar-refractivity contribution is 7.51. The lowest BCUT2D eigenvalue weighted by Crippen LogP contribution is -2.35. The number of ether oxygens (including phenoxy) is 1. The van der Waals surface area contributed by atoms with Gasteiger partial charge in [0.15, 0.2) is 0 Å². The van der Waals surface area contributed by atoms with E-state index in [1.165, 1.54) is 10.8 Å². The normalized spacial score (nSPS) is 26.0. The standard InChI is InChI=1S/C16H27N2O6P/c1-9-7-18(15(20)17-14(9)19)12-6-11(16(3,4)5)13(24-12)10(2)8-25(21,22)23/h7,10-13H,6,8H2,1-5H3,(H,17,19,20)(H2,21,22,23)/t10?,11-,12-,13?/m1/s1. The summed E-state index contributed by atoms with van der Waals surface area (Å²) in [5.41, 5.74) is -0.736. The fraction of sp³-hybridized carbons (Fsp3) is 0.750. The molecule has 2 rings (SSSR count). The summed E-state index contributed by atoms with van der Waals surface area (Å²) in [7, 11) is -4.16. The van der Waals surface area contributed by atoms with Crippen LogP contribution >= 0.6 is 7.60 Å². The largest absolute Gasteiger partial charge is 0.354 e. The molecule has 4 atom stereocenters. The molecule has 9 heteroatoms. The maximum Gasteiger partial charge on any atom is 0.330 e. The summed E-state index contributed by atoms with van der Waals surface area (Å²) in [6.45, 7) is 9.50. The molecule has 0 spiro atoms. The van der Waals surface area contributed by atoms with E-state index in [9.17, 15) is 23.9 Å². The first-order valence-electron chi connectivity index (χ1n) is 8.31. The predicted octanol–water partition coefficient (Wildman–Crippen LogP) is 1.61. The van der Waals surface area contributed by atoms with Crippen molar-refractivity contribution in [1.82, 2.24) is 9.55 Å². The Labute approximate surface area is 146 Å². The van der Waals surface area contributed by atoms with Gasteiger partial charge in [-0.15, -0.1) is 0 Å². The van der Waals surface area contributed by atoms with E-state index in [1.54, 1.807) is 13.8 Å². The van der Waals surface area contributed by atoms with Gasteiger partial charge in [-0.1, -0.05) is 27.7 Å². The van der Waals surface area contributed by atoms with Crippen LogP contribution in [-0.2, 0) is 9.30 Å². The highest BCUT2D eigenvalue weighted by Gasteiger charge is 2.46. The Kier molecular flexibility index (Phi) is 5.50. The van der Waals surface area contributed by atoms with E-state index >= 15 is 0 Å². The minimum absolute atomic E-state index is 0.0122. The van der Waals surface area contributed by atoms with Crippen LogP contribution in [0.2, 0.25) is 0 Å². The van der Waals surface area contributed by atoms with E-state index in [0.717, 1.165) is 0 Å². The molecule has 8 nitrogen and oxygen atoms in total. The number of aryl methyl sites for hydroxylation is 1. The van der Waals surface area contributed by atoms with Crippen LogP contribution in [0.4, 0.5) is 0 Å². The monoisotopic (exact) mass is 374 g/mol. The molecule has 3 N–H and O–H groups in total. The zero-order chi connectivity index (χ0) is 19.2. The van der Waals surface area contributed by atoms with Crippen LogP contribution in [0.5, 0.6) is 0 Å². The van der Waals surface area contributed by atoms with Crippen molar-refractivity contribution in [2.24, 2.45) is 17.3 Å². The molecular formula is C16H27N2O6P. The van der Waals surface area contributed by atoms with Crippen molar-refractivity contribution < 1.29 is 19.1 Å². The van der Waals surface area contributed by atoms with Crippen LogP contribution < -0.4 is 11.2 Å². The molecule has 1 aliphatic heterocycles. The maximum absolute atomic E-state index is 12.1. The van der Waals surface area contributed by atoms with Gasteiger partial charge in [0.2, 0.25) is 0 Å². The topological polar surface area (TPSA) is 122 Å². The molecule has 1 aromatic rings. The van der Waals surface area contributed by atoms with Gasteiger partial charge in [0.1, 0.15) is 6.23 Å². The van der Waals surface area contributed by atoms with Gasteiger partial charge in [-0.05, 0) is 30.6 Å². The number of hydrogen-bond acceptors (Lipinski definition) is 4. The second-order valence-corrected chi connectivity index (χ2v) is 9.76. The van der Waals surface area contributed by atoms with Gasteiger partial charge < -0.3 is 14.5 Å². The summed E-state index contributed by atoms with van der Waals surface area (Å²) in [5, 5.41) is 0. The van der Waals surface area contributed by atoms with Crippen LogP contribution in [0.25, 0.3) is 0 Å². The molecule has 2 unspecified atom stereocenters. The minimum atomic E-state index is -4.16. The molecule has 1 aromatic heterocycles. The number of nitrogens with zero attached hydrogens (tertiary/aromatic N) is 1. The molecule has 0 aliphatic carbocycles. The minimum Gasteiger partial charge on any atom is -0.354 e. The highest BCUT2D eigenvalue weighted by atomic mass is 31.2. The number of aromatic nitrogens is 2. The third-order valence-corrected chi connectivity index (χ3v) is 5.87. The third-order valence-electron chi connectivity index (χ3n) is 4.82. The van der Waals surface area contributed by atoms with Crippen molar-refractivity contribution >= 4 is 7.60 Å². The average molecular weight is 374 g/mol. The van der Waals surface area contributed by atoms with Gasteiger partial charge in [-0.25, -0.2) is 4.79 Å². The Bertz CT molecular complexity index is 787. The van der Waals surface area contributed by atoms with Gasteiger partial charge in [-0.2, -0.15) is 0 Å². The first kappa shape index (κ1) is 20.1. The number of hydrogen-bond donors (Lipinski definition) is 3. The first-order valence-corrected chi connectivity index (χ1v) is 10.1. The highest BCUT2D eigenvalue weighted by Crippen LogP contribution is 2.48. The molecular weight excluding hydrogens is 347 g/mol. The van der Waals surface area contributed by atoms with Gasteiger partial charge in [-0.3, -0.25) is 18.9 Å². The van der Waals surface area contributed by atoms with E-state index in [4.69, 9.17) is 4.74 Å². The zero-order valence-electron chi connectivity index (χ0n) is 15.2. The van der Waals surface area contributed by atoms with Crippen molar-refractivity contribution in [3.05, 3.63) is 32.6 Å². The second-order valence-electron chi connectivity index (χ2n) is 8.07. The lowest BCUT2D eigenvalue weighted by atomic mass is 9.74. The molecule has 0 bridgehead atoms. The number of H-pyrrole nitrogens is 1. The van der Waals surface area contributed by atoms with Gasteiger partial charge in [0.25, 0.3) is 5.56 Å². The third kappa shape index (κ3) is 4.70.